The number of carbonyl (C=O) groups is 2. The van der Waals surface area contributed by atoms with Crippen LogP contribution in [0.3, 0.4) is 0 Å². The van der Waals surface area contributed by atoms with Gasteiger partial charge in [-0.3, -0.25) is 4.79 Å². The molecule has 0 fully saturated rings. The van der Waals surface area contributed by atoms with E-state index >= 15 is 0 Å². The first-order chi connectivity index (χ1) is 10.1. The number of carbonyl (C=O) groups excluding carboxylic acids is 2. The normalized spacial score (nSPS) is 11.3. The summed E-state index contributed by atoms with van der Waals surface area (Å²) >= 11 is 0. The van der Waals surface area contributed by atoms with Crippen molar-refractivity contribution in [2.24, 2.45) is 0 Å². The molecule has 1 rings (SSSR count). The first-order valence-electron chi connectivity index (χ1n) is 6.62. The third-order valence-electron chi connectivity index (χ3n) is 2.89. The number of amides is 1. The Morgan fingerprint density at radius 1 is 1.48 bits per heavy atom. The largest absolute Gasteiger partial charge is 0.467 e. The van der Waals surface area contributed by atoms with Crippen LogP contribution in [0.2, 0.25) is 0 Å². The molecule has 0 saturated carbocycles. The van der Waals surface area contributed by atoms with Crippen molar-refractivity contribution in [3.8, 4) is 12.3 Å². The van der Waals surface area contributed by atoms with Gasteiger partial charge < -0.3 is 10.1 Å². The van der Waals surface area contributed by atoms with Gasteiger partial charge in [0, 0.05) is 6.42 Å². The maximum absolute atomic E-state index is 13.0. The summed E-state index contributed by atoms with van der Waals surface area (Å²) in [5.74, 6) is 1.19. The average molecular weight is 291 g/mol. The van der Waals surface area contributed by atoms with Crippen LogP contribution in [0.15, 0.2) is 24.3 Å². The predicted molar refractivity (Wildman–Crippen MR) is 76.7 cm³/mol. The fourth-order valence-corrected chi connectivity index (χ4v) is 1.88. The van der Waals surface area contributed by atoms with E-state index in [1.165, 1.54) is 25.3 Å². The minimum Gasteiger partial charge on any atom is -0.467 e. The van der Waals surface area contributed by atoms with Crippen LogP contribution < -0.4 is 5.32 Å². The highest BCUT2D eigenvalue weighted by Crippen LogP contribution is 2.06. The number of benzene rings is 1. The molecule has 0 aliphatic heterocycles. The van der Waals surface area contributed by atoms with Gasteiger partial charge in [-0.25, -0.2) is 9.18 Å². The Hall–Kier alpha value is -2.35. The summed E-state index contributed by atoms with van der Waals surface area (Å²) < 4.78 is 17.7. The lowest BCUT2D eigenvalue weighted by atomic mass is 10.1. The zero-order chi connectivity index (χ0) is 15.7. The van der Waals surface area contributed by atoms with E-state index in [0.29, 0.717) is 24.8 Å². The number of methoxy groups -OCH3 is 1. The molecule has 0 aliphatic rings. The van der Waals surface area contributed by atoms with Crippen LogP contribution in [-0.4, -0.2) is 25.0 Å². The van der Waals surface area contributed by atoms with E-state index in [4.69, 9.17) is 6.42 Å². The first-order valence-corrected chi connectivity index (χ1v) is 6.62. The number of esters is 1. The molecule has 5 heteroatoms. The van der Waals surface area contributed by atoms with Crippen molar-refractivity contribution < 1.29 is 18.7 Å². The standard InChI is InChI=1S/C16H18FNO3/c1-3-4-5-9-14(16(20)21-2)18-15(19)11-12-7-6-8-13(17)10-12/h1,6-8,10,14H,4-5,9,11H2,2H3,(H,18,19)/t14-/m1/s1. The molecular formula is C16H18FNO3. The minimum absolute atomic E-state index is 0.000390. The molecule has 0 unspecified atom stereocenters. The van der Waals surface area contributed by atoms with E-state index in [1.54, 1.807) is 6.07 Å². The van der Waals surface area contributed by atoms with Crippen molar-refractivity contribution in [1.29, 1.82) is 0 Å². The van der Waals surface area contributed by atoms with E-state index in [2.05, 4.69) is 16.0 Å². The Bertz CT molecular complexity index is 537. The minimum atomic E-state index is -0.732. The summed E-state index contributed by atoms with van der Waals surface area (Å²) in [4.78, 5) is 23.5. The molecular weight excluding hydrogens is 273 g/mol. The molecule has 4 nitrogen and oxygen atoms in total. The number of ether oxygens (including phenoxy) is 1. The molecule has 0 radical (unpaired) electrons. The fraction of sp³-hybridized carbons (Fsp3) is 0.375. The van der Waals surface area contributed by atoms with Crippen LogP contribution in [0.1, 0.15) is 24.8 Å². The maximum Gasteiger partial charge on any atom is 0.328 e. The molecule has 1 N–H and O–H groups in total. The maximum atomic E-state index is 13.0. The Kier molecular flexibility index (Phi) is 6.96. The van der Waals surface area contributed by atoms with E-state index in [1.807, 2.05) is 0 Å². The van der Waals surface area contributed by atoms with Crippen LogP contribution in [0.5, 0.6) is 0 Å². The topological polar surface area (TPSA) is 55.4 Å². The van der Waals surface area contributed by atoms with Gasteiger partial charge >= 0.3 is 5.97 Å². The lowest BCUT2D eigenvalue weighted by Crippen LogP contribution is -2.42. The lowest BCUT2D eigenvalue weighted by Gasteiger charge is -2.16. The number of unbranched alkanes of at least 4 members (excludes halogenated alkanes) is 1. The van der Waals surface area contributed by atoms with Gasteiger partial charge in [0.25, 0.3) is 0 Å². The van der Waals surface area contributed by atoms with Crippen LogP contribution in [0.25, 0.3) is 0 Å². The molecule has 0 spiro atoms. The van der Waals surface area contributed by atoms with Crippen molar-refractivity contribution in [2.45, 2.75) is 31.7 Å². The van der Waals surface area contributed by atoms with Gasteiger partial charge in [0.15, 0.2) is 0 Å². The number of hydrogen-bond donors (Lipinski definition) is 1. The van der Waals surface area contributed by atoms with E-state index in [9.17, 15) is 14.0 Å². The van der Waals surface area contributed by atoms with Crippen LogP contribution in [0.4, 0.5) is 4.39 Å². The van der Waals surface area contributed by atoms with Gasteiger partial charge in [-0.15, -0.1) is 12.3 Å². The monoisotopic (exact) mass is 291 g/mol. The number of rotatable bonds is 7. The van der Waals surface area contributed by atoms with Crippen molar-refractivity contribution in [3.05, 3.63) is 35.6 Å². The zero-order valence-corrected chi connectivity index (χ0v) is 11.9. The SMILES string of the molecule is C#CCCC[C@@H](NC(=O)Cc1cccc(F)c1)C(=O)OC. The summed E-state index contributed by atoms with van der Waals surface area (Å²) in [5, 5.41) is 2.59. The molecule has 0 aliphatic carbocycles. The molecule has 0 heterocycles. The van der Waals surface area contributed by atoms with Crippen LogP contribution in [0, 0.1) is 18.2 Å². The predicted octanol–water partition coefficient (Wildman–Crippen LogP) is 1.83. The second kappa shape index (κ2) is 8.75. The number of halogens is 1. The number of hydrogen-bond acceptors (Lipinski definition) is 3. The molecule has 1 aromatic rings. The number of nitrogens with one attached hydrogen (secondary N) is 1. The van der Waals surface area contributed by atoms with Gasteiger partial charge in [0.2, 0.25) is 5.91 Å². The number of terminal acetylenes is 1. The van der Waals surface area contributed by atoms with E-state index in [-0.39, 0.29) is 12.3 Å². The van der Waals surface area contributed by atoms with Gasteiger partial charge in [-0.05, 0) is 30.5 Å². The Morgan fingerprint density at radius 2 is 2.24 bits per heavy atom. The smallest absolute Gasteiger partial charge is 0.328 e. The van der Waals surface area contributed by atoms with Crippen molar-refractivity contribution in [2.75, 3.05) is 7.11 Å². The Balaban J connectivity index is 2.59. The van der Waals surface area contributed by atoms with Gasteiger partial charge in [0.05, 0.1) is 13.5 Å². The summed E-state index contributed by atoms with van der Waals surface area (Å²) in [6.45, 7) is 0. The van der Waals surface area contributed by atoms with Crippen LogP contribution in [-0.2, 0) is 20.7 Å². The molecule has 0 bridgehead atoms. The van der Waals surface area contributed by atoms with Crippen molar-refractivity contribution >= 4 is 11.9 Å². The van der Waals surface area contributed by atoms with Crippen molar-refractivity contribution in [1.82, 2.24) is 5.32 Å². The molecule has 0 saturated heterocycles. The first kappa shape index (κ1) is 16.7. The zero-order valence-electron chi connectivity index (χ0n) is 11.9. The van der Waals surface area contributed by atoms with Gasteiger partial charge in [0.1, 0.15) is 11.9 Å². The fourth-order valence-electron chi connectivity index (χ4n) is 1.88. The molecule has 1 aromatic carbocycles. The highest BCUT2D eigenvalue weighted by Gasteiger charge is 2.20. The summed E-state index contributed by atoms with van der Waals surface area (Å²) in [5.41, 5.74) is 0.541. The third kappa shape index (κ3) is 6.09. The molecule has 0 aromatic heterocycles. The third-order valence-corrected chi connectivity index (χ3v) is 2.89. The highest BCUT2D eigenvalue weighted by molar-refractivity contribution is 5.85. The molecule has 21 heavy (non-hydrogen) atoms. The lowest BCUT2D eigenvalue weighted by molar-refractivity contribution is -0.145. The highest BCUT2D eigenvalue weighted by atomic mass is 19.1. The molecule has 1 amide bonds. The van der Waals surface area contributed by atoms with Crippen LogP contribution >= 0.6 is 0 Å². The summed E-state index contributed by atoms with van der Waals surface area (Å²) in [6, 6.07) is 5.03. The Morgan fingerprint density at radius 3 is 2.86 bits per heavy atom. The van der Waals surface area contributed by atoms with Gasteiger partial charge in [-0.2, -0.15) is 0 Å². The van der Waals surface area contributed by atoms with E-state index < -0.39 is 17.8 Å². The van der Waals surface area contributed by atoms with Gasteiger partial charge in [-0.1, -0.05) is 12.1 Å². The molecule has 112 valence electrons. The van der Waals surface area contributed by atoms with Crippen molar-refractivity contribution in [3.63, 3.8) is 0 Å². The quantitative estimate of drug-likeness (QED) is 0.474. The second-order valence-electron chi connectivity index (χ2n) is 4.55. The second-order valence-corrected chi connectivity index (χ2v) is 4.55. The van der Waals surface area contributed by atoms with E-state index in [0.717, 1.165) is 0 Å². The molecule has 1 atom stereocenters. The Labute approximate surface area is 123 Å². The summed E-state index contributed by atoms with van der Waals surface area (Å²) in [6.07, 6.45) is 6.69. The average Bonchev–Trinajstić information content (AvgIpc) is 2.45. The summed E-state index contributed by atoms with van der Waals surface area (Å²) in [7, 11) is 1.26.